The first-order chi connectivity index (χ1) is 9.97. The van der Waals surface area contributed by atoms with Crippen LogP contribution in [0.25, 0.3) is 0 Å². The maximum Gasteiger partial charge on any atom is 0.241 e. The fourth-order valence-corrected chi connectivity index (χ4v) is 3.09. The molecule has 0 spiro atoms. The number of aryl methyl sites for hydroxylation is 1. The fraction of sp³-hybridized carbons (Fsp3) is 0.467. The van der Waals surface area contributed by atoms with Gasteiger partial charge in [0, 0.05) is 29.2 Å². The summed E-state index contributed by atoms with van der Waals surface area (Å²) in [4.78, 5) is 25.1. The van der Waals surface area contributed by atoms with Crippen LogP contribution in [0.15, 0.2) is 22.7 Å². The van der Waals surface area contributed by atoms with Gasteiger partial charge in [-0.05, 0) is 53.4 Å². The number of anilines is 1. The number of hydrogen-bond acceptors (Lipinski definition) is 3. The summed E-state index contributed by atoms with van der Waals surface area (Å²) in [6, 6.07) is 5.95. The van der Waals surface area contributed by atoms with Gasteiger partial charge in [0.05, 0.1) is 6.54 Å². The van der Waals surface area contributed by atoms with Crippen LogP contribution in [-0.4, -0.2) is 36.3 Å². The number of piperidine rings is 1. The maximum absolute atomic E-state index is 12.2. The van der Waals surface area contributed by atoms with E-state index >= 15 is 0 Å². The van der Waals surface area contributed by atoms with Gasteiger partial charge < -0.3 is 16.0 Å². The molecule has 0 radical (unpaired) electrons. The lowest BCUT2D eigenvalue weighted by atomic mass is 9.96. The van der Waals surface area contributed by atoms with E-state index in [1.165, 1.54) is 0 Å². The molecule has 0 atom stereocenters. The van der Waals surface area contributed by atoms with Gasteiger partial charge in [0.2, 0.25) is 11.8 Å². The highest BCUT2D eigenvalue weighted by atomic mass is 79.9. The number of halogens is 1. The minimum Gasteiger partial charge on any atom is -0.375 e. The van der Waals surface area contributed by atoms with Crippen LogP contribution in [0.2, 0.25) is 0 Å². The Morgan fingerprint density at radius 3 is 2.62 bits per heavy atom. The molecule has 0 bridgehead atoms. The molecular weight excluding hydrogens is 334 g/mol. The first kappa shape index (κ1) is 15.8. The Hall–Kier alpha value is -1.56. The zero-order valence-electron chi connectivity index (χ0n) is 12.1. The molecular formula is C15H20BrN3O2. The van der Waals surface area contributed by atoms with Crippen molar-refractivity contribution >= 4 is 33.4 Å². The Labute approximate surface area is 133 Å². The Morgan fingerprint density at radius 1 is 1.38 bits per heavy atom. The predicted molar refractivity (Wildman–Crippen MR) is 85.9 cm³/mol. The number of rotatable bonds is 4. The van der Waals surface area contributed by atoms with E-state index in [4.69, 9.17) is 5.73 Å². The minimum absolute atomic E-state index is 0.0467. The van der Waals surface area contributed by atoms with Crippen LogP contribution in [0.4, 0.5) is 5.69 Å². The van der Waals surface area contributed by atoms with E-state index in [0.29, 0.717) is 25.9 Å². The number of nitrogens with one attached hydrogen (secondary N) is 1. The standard InChI is InChI=1S/C15H20BrN3O2/c1-10-2-3-13(12(16)8-10)18-9-14(20)19-6-4-11(5-7-19)15(17)21/h2-3,8,11,18H,4-7,9H2,1H3,(H2,17,21). The molecule has 3 N–H and O–H groups in total. The van der Waals surface area contributed by atoms with Crippen LogP contribution in [0.5, 0.6) is 0 Å². The molecule has 1 aromatic carbocycles. The van der Waals surface area contributed by atoms with Gasteiger partial charge in [0.25, 0.3) is 0 Å². The minimum atomic E-state index is -0.260. The molecule has 2 rings (SSSR count). The molecule has 1 saturated heterocycles. The molecule has 1 aliphatic heterocycles. The number of carbonyl (C=O) groups excluding carboxylic acids is 2. The fourth-order valence-electron chi connectivity index (χ4n) is 2.46. The molecule has 114 valence electrons. The maximum atomic E-state index is 12.2. The second-order valence-electron chi connectivity index (χ2n) is 5.39. The monoisotopic (exact) mass is 353 g/mol. The first-order valence-electron chi connectivity index (χ1n) is 7.04. The number of benzene rings is 1. The zero-order valence-corrected chi connectivity index (χ0v) is 13.6. The third-order valence-corrected chi connectivity index (χ3v) is 4.46. The topological polar surface area (TPSA) is 75.4 Å². The molecule has 1 aliphatic rings. The van der Waals surface area contributed by atoms with Crippen LogP contribution < -0.4 is 11.1 Å². The van der Waals surface area contributed by atoms with E-state index in [9.17, 15) is 9.59 Å². The van der Waals surface area contributed by atoms with Crippen molar-refractivity contribution in [3.8, 4) is 0 Å². The third kappa shape index (κ3) is 4.20. The van der Waals surface area contributed by atoms with E-state index in [1.807, 2.05) is 25.1 Å². The van der Waals surface area contributed by atoms with Crippen molar-refractivity contribution in [3.05, 3.63) is 28.2 Å². The summed E-state index contributed by atoms with van der Waals surface area (Å²) in [6.45, 7) is 3.47. The molecule has 1 fully saturated rings. The molecule has 0 aromatic heterocycles. The number of amides is 2. The molecule has 1 heterocycles. The SMILES string of the molecule is Cc1ccc(NCC(=O)N2CCC(C(N)=O)CC2)c(Br)c1. The Kier molecular flexibility index (Phi) is 5.22. The van der Waals surface area contributed by atoms with Crippen LogP contribution in [-0.2, 0) is 9.59 Å². The van der Waals surface area contributed by atoms with Crippen molar-refractivity contribution in [3.63, 3.8) is 0 Å². The highest BCUT2D eigenvalue weighted by Crippen LogP contribution is 2.23. The van der Waals surface area contributed by atoms with E-state index in [-0.39, 0.29) is 24.3 Å². The van der Waals surface area contributed by atoms with Crippen molar-refractivity contribution in [2.45, 2.75) is 19.8 Å². The Balaban J connectivity index is 1.84. The highest BCUT2D eigenvalue weighted by molar-refractivity contribution is 9.10. The van der Waals surface area contributed by atoms with Gasteiger partial charge in [-0.25, -0.2) is 0 Å². The number of likely N-dealkylation sites (tertiary alicyclic amines) is 1. The lowest BCUT2D eigenvalue weighted by molar-refractivity contribution is -0.133. The second-order valence-corrected chi connectivity index (χ2v) is 6.25. The average molecular weight is 354 g/mol. The molecule has 0 aliphatic carbocycles. The number of nitrogens with zero attached hydrogens (tertiary/aromatic N) is 1. The summed E-state index contributed by atoms with van der Waals surface area (Å²) in [5.41, 5.74) is 7.36. The van der Waals surface area contributed by atoms with E-state index < -0.39 is 0 Å². The molecule has 6 heteroatoms. The quantitative estimate of drug-likeness (QED) is 0.867. The number of hydrogen-bond donors (Lipinski definition) is 2. The largest absolute Gasteiger partial charge is 0.375 e. The summed E-state index contributed by atoms with van der Waals surface area (Å²) in [5, 5.41) is 3.14. The van der Waals surface area contributed by atoms with Gasteiger partial charge in [0.1, 0.15) is 0 Å². The predicted octanol–water partition coefficient (Wildman–Crippen LogP) is 1.89. The smallest absolute Gasteiger partial charge is 0.241 e. The van der Waals surface area contributed by atoms with Crippen LogP contribution in [0.3, 0.4) is 0 Å². The van der Waals surface area contributed by atoms with Crippen LogP contribution in [0, 0.1) is 12.8 Å². The van der Waals surface area contributed by atoms with Gasteiger partial charge in [0.15, 0.2) is 0 Å². The summed E-state index contributed by atoms with van der Waals surface area (Å²) in [7, 11) is 0. The summed E-state index contributed by atoms with van der Waals surface area (Å²) in [5.74, 6) is -0.303. The Bertz CT molecular complexity index is 540. The lowest BCUT2D eigenvalue weighted by Crippen LogP contribution is -2.43. The van der Waals surface area contributed by atoms with Gasteiger partial charge in [-0.2, -0.15) is 0 Å². The normalized spacial score (nSPS) is 15.8. The second kappa shape index (κ2) is 6.93. The van der Waals surface area contributed by atoms with Crippen LogP contribution in [0.1, 0.15) is 18.4 Å². The number of nitrogens with two attached hydrogens (primary N) is 1. The Morgan fingerprint density at radius 2 is 2.05 bits per heavy atom. The van der Waals surface area contributed by atoms with E-state index in [0.717, 1.165) is 15.7 Å². The van der Waals surface area contributed by atoms with Crippen molar-refractivity contribution in [2.75, 3.05) is 25.0 Å². The lowest BCUT2D eigenvalue weighted by Gasteiger charge is -2.30. The van der Waals surface area contributed by atoms with Gasteiger partial charge in [-0.15, -0.1) is 0 Å². The molecule has 0 saturated carbocycles. The van der Waals surface area contributed by atoms with Gasteiger partial charge in [-0.3, -0.25) is 9.59 Å². The molecule has 0 unspecified atom stereocenters. The van der Waals surface area contributed by atoms with Crippen LogP contribution >= 0.6 is 15.9 Å². The van der Waals surface area contributed by atoms with E-state index in [2.05, 4.69) is 21.2 Å². The van der Waals surface area contributed by atoms with Crippen molar-refractivity contribution in [1.29, 1.82) is 0 Å². The van der Waals surface area contributed by atoms with E-state index in [1.54, 1.807) is 4.90 Å². The highest BCUT2D eigenvalue weighted by Gasteiger charge is 2.25. The molecule has 5 nitrogen and oxygen atoms in total. The molecule has 2 amide bonds. The average Bonchev–Trinajstić information content (AvgIpc) is 2.46. The summed E-state index contributed by atoms with van der Waals surface area (Å²) in [6.07, 6.45) is 1.32. The molecule has 1 aromatic rings. The number of carbonyl (C=O) groups is 2. The first-order valence-corrected chi connectivity index (χ1v) is 7.84. The summed E-state index contributed by atoms with van der Waals surface area (Å²) < 4.78 is 0.947. The number of primary amides is 1. The molecule has 21 heavy (non-hydrogen) atoms. The van der Waals surface area contributed by atoms with Crippen molar-refractivity contribution in [2.24, 2.45) is 11.7 Å². The zero-order chi connectivity index (χ0) is 15.4. The third-order valence-electron chi connectivity index (χ3n) is 3.80. The summed E-state index contributed by atoms with van der Waals surface area (Å²) >= 11 is 3.48. The van der Waals surface area contributed by atoms with Gasteiger partial charge in [-0.1, -0.05) is 6.07 Å². The van der Waals surface area contributed by atoms with Crippen molar-refractivity contribution < 1.29 is 9.59 Å². The van der Waals surface area contributed by atoms with Gasteiger partial charge >= 0.3 is 0 Å². The van der Waals surface area contributed by atoms with Crippen molar-refractivity contribution in [1.82, 2.24) is 4.90 Å².